The number of hydrogen-bond donors (Lipinski definition) is 1. The van der Waals surface area contributed by atoms with Crippen molar-refractivity contribution in [2.45, 2.75) is 12.5 Å². The molecule has 27 heavy (non-hydrogen) atoms. The molecule has 146 valence electrons. The summed E-state index contributed by atoms with van der Waals surface area (Å²) in [6.07, 6.45) is 0.588. The van der Waals surface area contributed by atoms with Crippen molar-refractivity contribution in [2.75, 3.05) is 53.4 Å². The van der Waals surface area contributed by atoms with E-state index < -0.39 is 6.10 Å². The van der Waals surface area contributed by atoms with Gasteiger partial charge in [-0.15, -0.1) is 0 Å². The van der Waals surface area contributed by atoms with Crippen LogP contribution in [0.15, 0.2) is 24.3 Å². The van der Waals surface area contributed by atoms with Crippen LogP contribution in [0.4, 0.5) is 4.79 Å². The van der Waals surface area contributed by atoms with Gasteiger partial charge in [-0.25, -0.2) is 4.79 Å². The molecule has 2 aliphatic rings. The number of hydrogen-bond acceptors (Lipinski definition) is 5. The number of nitrogens with zero attached hydrogens (tertiary/aromatic N) is 4. The molecule has 0 spiro atoms. The number of aliphatic hydroxyl groups is 1. The maximum Gasteiger partial charge on any atom is 0.319 e. The lowest BCUT2D eigenvalue weighted by Crippen LogP contribution is -2.56. The van der Waals surface area contributed by atoms with Crippen molar-refractivity contribution in [3.05, 3.63) is 29.8 Å². The maximum atomic E-state index is 12.2. The third-order valence-electron chi connectivity index (χ3n) is 5.20. The smallest absolute Gasteiger partial charge is 0.319 e. The van der Waals surface area contributed by atoms with Crippen LogP contribution in [0.2, 0.25) is 0 Å². The summed E-state index contributed by atoms with van der Waals surface area (Å²) in [6.45, 7) is 4.20. The number of nitriles is 1. The van der Waals surface area contributed by atoms with Crippen molar-refractivity contribution in [3.63, 3.8) is 0 Å². The van der Waals surface area contributed by atoms with Crippen LogP contribution >= 0.6 is 0 Å². The summed E-state index contributed by atoms with van der Waals surface area (Å²) >= 11 is 0. The molecule has 0 aliphatic carbocycles. The Morgan fingerprint density at radius 1 is 1.26 bits per heavy atom. The van der Waals surface area contributed by atoms with E-state index in [1.54, 1.807) is 43.3 Å². The molecular formula is C20H28N4O3. The Hall–Kier alpha value is -2.30. The van der Waals surface area contributed by atoms with E-state index in [0.29, 0.717) is 29.7 Å². The number of rotatable bonds is 5. The molecule has 2 aliphatic heterocycles. The number of β-amino-alcohol motifs (C(OH)–C–C–N with tert-alkyl or cyclic N) is 1. The van der Waals surface area contributed by atoms with Crippen molar-refractivity contribution in [3.8, 4) is 11.8 Å². The average Bonchev–Trinajstić information content (AvgIpc) is 2.65. The van der Waals surface area contributed by atoms with E-state index in [1.807, 2.05) is 4.90 Å². The van der Waals surface area contributed by atoms with Crippen molar-refractivity contribution >= 4 is 6.03 Å². The highest BCUT2D eigenvalue weighted by Gasteiger charge is 2.36. The zero-order valence-electron chi connectivity index (χ0n) is 16.0. The molecule has 3 rings (SSSR count). The third kappa shape index (κ3) is 5.12. The van der Waals surface area contributed by atoms with Crippen LogP contribution in [0.1, 0.15) is 12.0 Å². The van der Waals surface area contributed by atoms with E-state index in [2.05, 4.69) is 11.0 Å². The van der Waals surface area contributed by atoms with Crippen molar-refractivity contribution < 1.29 is 14.6 Å². The van der Waals surface area contributed by atoms with Crippen LogP contribution < -0.4 is 4.74 Å². The van der Waals surface area contributed by atoms with Crippen LogP contribution in [0.5, 0.6) is 5.75 Å². The number of amides is 2. The number of likely N-dealkylation sites (tertiary alicyclic amines) is 2. The average molecular weight is 372 g/mol. The standard InChI is InChI=1S/C20H28N4O3/c1-22(2)20(26)24-11-16-7-17(12-24)10-23(9-16)13-18(25)14-27-19-5-3-15(8-21)4-6-19/h3-6,16-18,25H,7,9-14H2,1-2H3/t16?,17?,18-/m0/s1. The number of ether oxygens (including phenoxy) is 1. The predicted octanol–water partition coefficient (Wildman–Crippen LogP) is 1.23. The Morgan fingerprint density at radius 2 is 1.89 bits per heavy atom. The zero-order valence-corrected chi connectivity index (χ0v) is 16.0. The molecule has 0 aromatic heterocycles. The summed E-state index contributed by atoms with van der Waals surface area (Å²) in [6, 6.07) is 9.05. The summed E-state index contributed by atoms with van der Waals surface area (Å²) in [5.74, 6) is 1.59. The quantitative estimate of drug-likeness (QED) is 0.841. The number of aliphatic hydroxyl groups excluding tert-OH is 1. The van der Waals surface area contributed by atoms with Crippen molar-refractivity contribution in [1.29, 1.82) is 5.26 Å². The topological polar surface area (TPSA) is 80.0 Å². The fraction of sp³-hybridized carbons (Fsp3) is 0.600. The molecule has 1 aromatic rings. The van der Waals surface area contributed by atoms with Gasteiger partial charge in [0.25, 0.3) is 0 Å². The van der Waals surface area contributed by atoms with Gasteiger partial charge < -0.3 is 19.6 Å². The Balaban J connectivity index is 1.45. The Morgan fingerprint density at radius 3 is 2.44 bits per heavy atom. The van der Waals surface area contributed by atoms with Crippen LogP contribution in [0.25, 0.3) is 0 Å². The molecule has 2 saturated heterocycles. The second-order valence-electron chi connectivity index (χ2n) is 7.87. The van der Waals surface area contributed by atoms with Gasteiger partial charge in [0.05, 0.1) is 11.6 Å². The molecule has 0 saturated carbocycles. The predicted molar refractivity (Wildman–Crippen MR) is 101 cm³/mol. The van der Waals surface area contributed by atoms with Gasteiger partial charge in [0.1, 0.15) is 18.5 Å². The SMILES string of the molecule is CN(C)C(=O)N1CC2CC(CN(C[C@H](O)COc3ccc(C#N)cc3)C2)C1. The Bertz CT molecular complexity index is 671. The highest BCUT2D eigenvalue weighted by molar-refractivity contribution is 5.74. The van der Waals surface area contributed by atoms with E-state index in [4.69, 9.17) is 10.00 Å². The molecule has 0 radical (unpaired) electrons. The highest BCUT2D eigenvalue weighted by atomic mass is 16.5. The van der Waals surface area contributed by atoms with Crippen molar-refractivity contribution in [1.82, 2.24) is 14.7 Å². The van der Waals surface area contributed by atoms with E-state index in [1.165, 1.54) is 0 Å². The molecule has 3 atom stereocenters. The summed E-state index contributed by atoms with van der Waals surface area (Å²) in [5, 5.41) is 19.2. The zero-order chi connectivity index (χ0) is 19.4. The van der Waals surface area contributed by atoms with Crippen LogP contribution in [0, 0.1) is 23.2 Å². The van der Waals surface area contributed by atoms with Gasteiger partial charge in [0.15, 0.2) is 0 Å². The lowest BCUT2D eigenvalue weighted by Gasteiger charge is -2.46. The Labute approximate surface area is 160 Å². The van der Waals surface area contributed by atoms with E-state index >= 15 is 0 Å². The van der Waals surface area contributed by atoms with Gasteiger partial charge >= 0.3 is 6.03 Å². The molecule has 1 aromatic carbocycles. The van der Waals surface area contributed by atoms with E-state index in [0.717, 1.165) is 32.6 Å². The minimum absolute atomic E-state index is 0.0917. The molecule has 2 fully saturated rings. The summed E-state index contributed by atoms with van der Waals surface area (Å²) in [4.78, 5) is 18.1. The maximum absolute atomic E-state index is 12.2. The number of piperidine rings is 2. The molecule has 2 unspecified atom stereocenters. The minimum Gasteiger partial charge on any atom is -0.491 e. The minimum atomic E-state index is -0.570. The van der Waals surface area contributed by atoms with Gasteiger partial charge in [0.2, 0.25) is 0 Å². The normalized spacial score (nSPS) is 23.4. The van der Waals surface area contributed by atoms with Gasteiger partial charge in [-0.3, -0.25) is 4.90 Å². The molecule has 2 amide bonds. The van der Waals surface area contributed by atoms with Crippen LogP contribution in [0.3, 0.4) is 0 Å². The second kappa shape index (κ2) is 8.59. The first kappa shape index (κ1) is 19.5. The molecule has 2 heterocycles. The van der Waals surface area contributed by atoms with Gasteiger partial charge in [-0.1, -0.05) is 0 Å². The number of carbonyl (C=O) groups is 1. The highest BCUT2D eigenvalue weighted by Crippen LogP contribution is 2.29. The molecule has 7 nitrogen and oxygen atoms in total. The number of urea groups is 1. The monoisotopic (exact) mass is 372 g/mol. The van der Waals surface area contributed by atoms with Crippen LogP contribution in [-0.2, 0) is 0 Å². The fourth-order valence-corrected chi connectivity index (χ4v) is 4.14. The van der Waals surface area contributed by atoms with E-state index in [-0.39, 0.29) is 12.6 Å². The lowest BCUT2D eigenvalue weighted by atomic mass is 9.84. The Kier molecular flexibility index (Phi) is 6.19. The molecule has 2 bridgehead atoms. The lowest BCUT2D eigenvalue weighted by molar-refractivity contribution is 0.00674. The van der Waals surface area contributed by atoms with Gasteiger partial charge in [0, 0.05) is 46.8 Å². The first-order valence-electron chi connectivity index (χ1n) is 9.44. The largest absolute Gasteiger partial charge is 0.491 e. The molecular weight excluding hydrogens is 344 g/mol. The second-order valence-corrected chi connectivity index (χ2v) is 7.87. The third-order valence-corrected chi connectivity index (χ3v) is 5.20. The first-order valence-corrected chi connectivity index (χ1v) is 9.44. The fourth-order valence-electron chi connectivity index (χ4n) is 4.14. The molecule has 7 heteroatoms. The first-order chi connectivity index (χ1) is 12.9. The number of carbonyl (C=O) groups excluding carboxylic acids is 1. The van der Waals surface area contributed by atoms with Gasteiger partial charge in [-0.2, -0.15) is 5.26 Å². The van der Waals surface area contributed by atoms with Crippen molar-refractivity contribution in [2.24, 2.45) is 11.8 Å². The summed E-state index contributed by atoms with van der Waals surface area (Å²) in [5.41, 5.74) is 0.588. The number of benzene rings is 1. The summed E-state index contributed by atoms with van der Waals surface area (Å²) in [7, 11) is 3.59. The number of fused-ring (bicyclic) bond motifs is 2. The van der Waals surface area contributed by atoms with Gasteiger partial charge in [-0.05, 0) is 42.5 Å². The molecule has 1 N–H and O–H groups in total. The van der Waals surface area contributed by atoms with Crippen LogP contribution in [-0.4, -0.2) is 85.4 Å². The summed E-state index contributed by atoms with van der Waals surface area (Å²) < 4.78 is 5.63. The van der Waals surface area contributed by atoms with E-state index in [9.17, 15) is 9.90 Å².